The zero-order valence-electron chi connectivity index (χ0n) is 13.8. The zero-order chi connectivity index (χ0) is 17.5. The number of fused-ring (bicyclic) bond motifs is 1. The fraction of sp³-hybridized carbons (Fsp3) is 0.0476. The van der Waals surface area contributed by atoms with Crippen molar-refractivity contribution in [3.8, 4) is 11.5 Å². The fourth-order valence-corrected chi connectivity index (χ4v) is 3.55. The van der Waals surface area contributed by atoms with Gasteiger partial charge >= 0.3 is 0 Å². The third-order valence-corrected chi connectivity index (χ3v) is 4.67. The number of aromatic nitrogens is 2. The van der Waals surface area contributed by atoms with Crippen molar-refractivity contribution in [1.82, 2.24) is 10.2 Å². The standard InChI is InChI=1S/C21H15N3O2/c25-21-19-17(18(22-23-19)16-12-7-13-26-16)20(14-8-3-1-4-9-14)24(21)15-10-5-2-6-11-15/h1-13,20H,(H,22,23)/t20-/m0/s1. The van der Waals surface area contributed by atoms with Crippen molar-refractivity contribution in [3.63, 3.8) is 0 Å². The normalized spacial score (nSPS) is 16.1. The van der Waals surface area contributed by atoms with Crippen LogP contribution in [0.15, 0.2) is 83.5 Å². The Morgan fingerprint density at radius 3 is 2.35 bits per heavy atom. The SMILES string of the molecule is O=C1c2n[nH]c(-c3ccco3)c2[C@H](c2ccccc2)N1c1ccccc1. The predicted octanol–water partition coefficient (Wildman–Crippen LogP) is 4.42. The Morgan fingerprint density at radius 1 is 0.923 bits per heavy atom. The van der Waals surface area contributed by atoms with E-state index in [9.17, 15) is 4.79 Å². The molecule has 1 aliphatic heterocycles. The van der Waals surface area contributed by atoms with Crippen LogP contribution in [0.1, 0.15) is 27.7 Å². The molecule has 5 rings (SSSR count). The second-order valence-electron chi connectivity index (χ2n) is 6.16. The summed E-state index contributed by atoms with van der Waals surface area (Å²) in [6.45, 7) is 0. The van der Waals surface area contributed by atoms with E-state index < -0.39 is 0 Å². The summed E-state index contributed by atoms with van der Waals surface area (Å²) in [7, 11) is 0. The third-order valence-electron chi connectivity index (χ3n) is 4.67. The Balaban J connectivity index is 1.75. The number of anilines is 1. The van der Waals surface area contributed by atoms with Crippen LogP contribution in [0.2, 0.25) is 0 Å². The van der Waals surface area contributed by atoms with Gasteiger partial charge in [-0.05, 0) is 29.8 Å². The number of para-hydroxylation sites is 1. The van der Waals surface area contributed by atoms with Gasteiger partial charge in [0, 0.05) is 11.3 Å². The highest BCUT2D eigenvalue weighted by Gasteiger charge is 2.43. The minimum absolute atomic E-state index is 0.117. The lowest BCUT2D eigenvalue weighted by molar-refractivity contribution is 0.0989. The molecule has 0 spiro atoms. The summed E-state index contributed by atoms with van der Waals surface area (Å²) in [5.41, 5.74) is 3.90. The lowest BCUT2D eigenvalue weighted by Crippen LogP contribution is -2.29. The first-order chi connectivity index (χ1) is 12.8. The molecule has 5 heteroatoms. The maximum Gasteiger partial charge on any atom is 0.280 e. The first-order valence-electron chi connectivity index (χ1n) is 8.40. The van der Waals surface area contributed by atoms with Gasteiger partial charge in [0.2, 0.25) is 0 Å². The highest BCUT2D eigenvalue weighted by molar-refractivity contribution is 6.11. The summed E-state index contributed by atoms with van der Waals surface area (Å²) in [6, 6.07) is 23.1. The molecule has 1 aliphatic rings. The van der Waals surface area contributed by atoms with Crippen LogP contribution in [0.4, 0.5) is 5.69 Å². The summed E-state index contributed by atoms with van der Waals surface area (Å²) in [5.74, 6) is 0.552. The predicted molar refractivity (Wildman–Crippen MR) is 97.8 cm³/mol. The van der Waals surface area contributed by atoms with Crippen molar-refractivity contribution in [3.05, 3.63) is 95.9 Å². The zero-order valence-corrected chi connectivity index (χ0v) is 13.8. The summed E-state index contributed by atoms with van der Waals surface area (Å²) in [6.07, 6.45) is 1.62. The molecule has 2 aromatic carbocycles. The third kappa shape index (κ3) is 2.10. The van der Waals surface area contributed by atoms with E-state index in [1.165, 1.54) is 0 Å². The number of nitrogens with one attached hydrogen (secondary N) is 1. The smallest absolute Gasteiger partial charge is 0.280 e. The summed E-state index contributed by atoms with van der Waals surface area (Å²) in [4.78, 5) is 15.0. The number of carbonyl (C=O) groups excluding carboxylic acids is 1. The fourth-order valence-electron chi connectivity index (χ4n) is 3.55. The second-order valence-corrected chi connectivity index (χ2v) is 6.16. The minimum atomic E-state index is -0.264. The maximum atomic E-state index is 13.2. The molecule has 26 heavy (non-hydrogen) atoms. The van der Waals surface area contributed by atoms with E-state index in [0.29, 0.717) is 11.5 Å². The Bertz CT molecular complexity index is 1050. The molecule has 0 saturated heterocycles. The molecule has 0 unspecified atom stereocenters. The summed E-state index contributed by atoms with van der Waals surface area (Å²) >= 11 is 0. The van der Waals surface area contributed by atoms with Crippen molar-refractivity contribution in [2.75, 3.05) is 4.90 Å². The van der Waals surface area contributed by atoms with Gasteiger partial charge in [-0.3, -0.25) is 14.8 Å². The number of hydrogen-bond donors (Lipinski definition) is 1. The quantitative estimate of drug-likeness (QED) is 0.600. The molecule has 1 atom stereocenters. The van der Waals surface area contributed by atoms with Crippen LogP contribution in [0.3, 0.4) is 0 Å². The van der Waals surface area contributed by atoms with Gasteiger partial charge in [0.25, 0.3) is 5.91 Å². The van der Waals surface area contributed by atoms with Gasteiger partial charge in [-0.15, -0.1) is 0 Å². The lowest BCUT2D eigenvalue weighted by atomic mass is 9.98. The van der Waals surface area contributed by atoms with E-state index in [-0.39, 0.29) is 11.9 Å². The molecule has 126 valence electrons. The Morgan fingerprint density at radius 2 is 1.65 bits per heavy atom. The van der Waals surface area contributed by atoms with E-state index in [2.05, 4.69) is 10.2 Å². The topological polar surface area (TPSA) is 62.1 Å². The van der Waals surface area contributed by atoms with Crippen molar-refractivity contribution < 1.29 is 9.21 Å². The molecule has 2 aromatic heterocycles. The van der Waals surface area contributed by atoms with Crippen LogP contribution in [-0.4, -0.2) is 16.1 Å². The summed E-state index contributed by atoms with van der Waals surface area (Å²) < 4.78 is 5.56. The van der Waals surface area contributed by atoms with Gasteiger partial charge in [-0.2, -0.15) is 5.10 Å². The number of nitrogens with zero attached hydrogens (tertiary/aromatic N) is 2. The Hall–Kier alpha value is -3.60. The molecular formula is C21H15N3O2. The van der Waals surface area contributed by atoms with Crippen molar-refractivity contribution in [2.45, 2.75) is 6.04 Å². The molecule has 0 bridgehead atoms. The van der Waals surface area contributed by atoms with E-state index in [4.69, 9.17) is 4.42 Å². The highest BCUT2D eigenvalue weighted by atomic mass is 16.3. The Labute approximate surface area is 149 Å². The van der Waals surface area contributed by atoms with Gasteiger partial charge in [-0.1, -0.05) is 48.5 Å². The van der Waals surface area contributed by atoms with E-state index >= 15 is 0 Å². The molecule has 0 aliphatic carbocycles. The number of hydrogen-bond acceptors (Lipinski definition) is 3. The van der Waals surface area contributed by atoms with Gasteiger partial charge in [-0.25, -0.2) is 0 Å². The molecular weight excluding hydrogens is 326 g/mol. The van der Waals surface area contributed by atoms with Crippen LogP contribution in [-0.2, 0) is 0 Å². The monoisotopic (exact) mass is 341 g/mol. The highest BCUT2D eigenvalue weighted by Crippen LogP contribution is 2.44. The first kappa shape index (κ1) is 14.7. The number of H-pyrrole nitrogens is 1. The van der Waals surface area contributed by atoms with Crippen molar-refractivity contribution in [2.24, 2.45) is 0 Å². The van der Waals surface area contributed by atoms with Crippen LogP contribution in [0.25, 0.3) is 11.5 Å². The number of rotatable bonds is 3. The molecule has 1 N–H and O–H groups in total. The molecule has 4 aromatic rings. The van der Waals surface area contributed by atoms with Crippen molar-refractivity contribution >= 4 is 11.6 Å². The molecule has 1 amide bonds. The van der Waals surface area contributed by atoms with Gasteiger partial charge < -0.3 is 4.42 Å². The largest absolute Gasteiger partial charge is 0.463 e. The number of carbonyl (C=O) groups is 1. The van der Waals surface area contributed by atoms with E-state index in [1.54, 1.807) is 11.2 Å². The van der Waals surface area contributed by atoms with Gasteiger partial charge in [0.15, 0.2) is 11.5 Å². The number of amides is 1. The maximum absolute atomic E-state index is 13.2. The van der Waals surface area contributed by atoms with E-state index in [1.807, 2.05) is 72.8 Å². The van der Waals surface area contributed by atoms with Crippen LogP contribution in [0, 0.1) is 0 Å². The molecule has 0 radical (unpaired) electrons. The summed E-state index contributed by atoms with van der Waals surface area (Å²) in [5, 5.41) is 7.30. The van der Waals surface area contributed by atoms with Crippen LogP contribution >= 0.6 is 0 Å². The van der Waals surface area contributed by atoms with Crippen LogP contribution < -0.4 is 4.90 Å². The molecule has 5 nitrogen and oxygen atoms in total. The number of benzene rings is 2. The lowest BCUT2D eigenvalue weighted by Gasteiger charge is -2.26. The minimum Gasteiger partial charge on any atom is -0.463 e. The first-order valence-corrected chi connectivity index (χ1v) is 8.40. The molecule has 0 saturated carbocycles. The van der Waals surface area contributed by atoms with Gasteiger partial charge in [0.1, 0.15) is 5.69 Å². The number of aromatic amines is 1. The average Bonchev–Trinajstić information content (AvgIpc) is 3.40. The van der Waals surface area contributed by atoms with Crippen LogP contribution in [0.5, 0.6) is 0 Å². The molecule has 0 fully saturated rings. The van der Waals surface area contributed by atoms with Gasteiger partial charge in [0.05, 0.1) is 12.3 Å². The average molecular weight is 341 g/mol. The van der Waals surface area contributed by atoms with Crippen molar-refractivity contribution in [1.29, 1.82) is 0 Å². The van der Waals surface area contributed by atoms with E-state index in [0.717, 1.165) is 22.5 Å². The molecule has 3 heterocycles. The second kappa shape index (κ2) is 5.74. The number of furan rings is 1. The Kier molecular flexibility index (Phi) is 3.25.